The van der Waals surface area contributed by atoms with E-state index >= 15 is 0 Å². The third-order valence-electron chi connectivity index (χ3n) is 2.41. The summed E-state index contributed by atoms with van der Waals surface area (Å²) in [7, 11) is 0. The minimum atomic E-state index is 0.700. The number of carbonyl (C=O) groups is 1. The largest absolute Gasteiger partial charge is 0.298 e. The molecule has 0 saturated carbocycles. The predicted molar refractivity (Wildman–Crippen MR) is 74.9 cm³/mol. The average Bonchev–Trinajstić information content (AvgIpc) is 2.39. The Balaban J connectivity index is 2.14. The molecule has 0 aliphatic rings. The minimum absolute atomic E-state index is 0.700. The Labute approximate surface area is 109 Å². The van der Waals surface area contributed by atoms with Crippen LogP contribution in [0, 0.1) is 0 Å². The average molecular weight is 287 g/mol. The fourth-order valence-electron chi connectivity index (χ4n) is 1.45. The molecule has 0 radical (unpaired) electrons. The van der Waals surface area contributed by atoms with Gasteiger partial charge in [0.2, 0.25) is 0 Å². The highest BCUT2D eigenvalue weighted by Gasteiger charge is 1.90. The van der Waals surface area contributed by atoms with Gasteiger partial charge in [0.15, 0.2) is 0 Å². The molecule has 2 aromatic carbocycles. The SMILES string of the molecule is O=Cc1ccc(C=Cc2ccc(Br)cc2)cc1. The number of hydrogen-bond acceptors (Lipinski definition) is 1. The maximum atomic E-state index is 10.5. The number of carbonyl (C=O) groups excluding carboxylic acids is 1. The molecule has 0 spiro atoms. The van der Waals surface area contributed by atoms with E-state index in [0.717, 1.165) is 21.9 Å². The number of hydrogen-bond donors (Lipinski definition) is 0. The lowest BCUT2D eigenvalue weighted by Crippen LogP contribution is -1.78. The first-order valence-electron chi connectivity index (χ1n) is 5.27. The van der Waals surface area contributed by atoms with Crippen molar-refractivity contribution in [3.63, 3.8) is 0 Å². The summed E-state index contributed by atoms with van der Waals surface area (Å²) < 4.78 is 1.07. The molecular formula is C15H11BrO. The lowest BCUT2D eigenvalue weighted by atomic mass is 10.1. The Kier molecular flexibility index (Phi) is 3.89. The summed E-state index contributed by atoms with van der Waals surface area (Å²) >= 11 is 3.40. The van der Waals surface area contributed by atoms with E-state index in [4.69, 9.17) is 0 Å². The highest BCUT2D eigenvalue weighted by Crippen LogP contribution is 2.13. The zero-order valence-corrected chi connectivity index (χ0v) is 10.7. The van der Waals surface area contributed by atoms with E-state index in [0.29, 0.717) is 5.56 Å². The van der Waals surface area contributed by atoms with Gasteiger partial charge in [0.1, 0.15) is 6.29 Å². The third-order valence-corrected chi connectivity index (χ3v) is 2.94. The quantitative estimate of drug-likeness (QED) is 0.603. The Morgan fingerprint density at radius 2 is 1.12 bits per heavy atom. The first-order chi connectivity index (χ1) is 8.28. The molecule has 0 saturated heterocycles. The topological polar surface area (TPSA) is 17.1 Å². The van der Waals surface area contributed by atoms with E-state index in [9.17, 15) is 4.79 Å². The van der Waals surface area contributed by atoms with Gasteiger partial charge in [-0.15, -0.1) is 0 Å². The van der Waals surface area contributed by atoms with Crippen LogP contribution in [0.3, 0.4) is 0 Å². The Bertz CT molecular complexity index is 524. The summed E-state index contributed by atoms with van der Waals surface area (Å²) in [5.74, 6) is 0. The van der Waals surface area contributed by atoms with Crippen molar-refractivity contribution in [2.75, 3.05) is 0 Å². The van der Waals surface area contributed by atoms with Gasteiger partial charge in [-0.3, -0.25) is 4.79 Å². The standard InChI is InChI=1S/C15H11BrO/c16-15-9-7-13(8-10-15)2-1-12-3-5-14(11-17)6-4-12/h1-11H. The van der Waals surface area contributed by atoms with Crippen LogP contribution in [0.15, 0.2) is 53.0 Å². The van der Waals surface area contributed by atoms with E-state index in [1.807, 2.05) is 60.7 Å². The van der Waals surface area contributed by atoms with E-state index in [1.165, 1.54) is 0 Å². The van der Waals surface area contributed by atoms with Gasteiger partial charge in [-0.2, -0.15) is 0 Å². The Morgan fingerprint density at radius 3 is 1.59 bits per heavy atom. The Hall–Kier alpha value is -1.67. The molecule has 0 amide bonds. The second kappa shape index (κ2) is 5.60. The summed E-state index contributed by atoms with van der Waals surface area (Å²) in [5.41, 5.74) is 2.93. The van der Waals surface area contributed by atoms with Crippen LogP contribution in [-0.2, 0) is 0 Å². The molecule has 0 fully saturated rings. The molecule has 0 N–H and O–H groups in total. The summed E-state index contributed by atoms with van der Waals surface area (Å²) in [5, 5.41) is 0. The maximum Gasteiger partial charge on any atom is 0.150 e. The van der Waals surface area contributed by atoms with Crippen LogP contribution in [0.4, 0.5) is 0 Å². The van der Waals surface area contributed by atoms with Crippen molar-refractivity contribution < 1.29 is 4.79 Å². The second-order valence-electron chi connectivity index (χ2n) is 3.67. The van der Waals surface area contributed by atoms with Crippen molar-refractivity contribution in [1.29, 1.82) is 0 Å². The zero-order chi connectivity index (χ0) is 12.1. The molecule has 17 heavy (non-hydrogen) atoms. The zero-order valence-electron chi connectivity index (χ0n) is 9.14. The van der Waals surface area contributed by atoms with Gasteiger partial charge in [-0.25, -0.2) is 0 Å². The van der Waals surface area contributed by atoms with Crippen LogP contribution in [0.25, 0.3) is 12.2 Å². The monoisotopic (exact) mass is 286 g/mol. The minimum Gasteiger partial charge on any atom is -0.298 e. The summed E-state index contributed by atoms with van der Waals surface area (Å²) in [4.78, 5) is 10.5. The number of benzene rings is 2. The van der Waals surface area contributed by atoms with Crippen LogP contribution in [-0.4, -0.2) is 6.29 Å². The first-order valence-corrected chi connectivity index (χ1v) is 6.06. The second-order valence-corrected chi connectivity index (χ2v) is 4.59. The number of rotatable bonds is 3. The lowest BCUT2D eigenvalue weighted by molar-refractivity contribution is 0.112. The van der Waals surface area contributed by atoms with Crippen LogP contribution in [0.2, 0.25) is 0 Å². The van der Waals surface area contributed by atoms with Crippen molar-refractivity contribution in [3.05, 3.63) is 69.7 Å². The Morgan fingerprint density at radius 1 is 0.706 bits per heavy atom. The normalized spacial score (nSPS) is 10.6. The van der Waals surface area contributed by atoms with Crippen LogP contribution < -0.4 is 0 Å². The van der Waals surface area contributed by atoms with Crippen LogP contribution in [0.5, 0.6) is 0 Å². The van der Waals surface area contributed by atoms with Crippen molar-refractivity contribution in [2.24, 2.45) is 0 Å². The molecule has 2 heteroatoms. The molecule has 0 aliphatic heterocycles. The molecule has 84 valence electrons. The fourth-order valence-corrected chi connectivity index (χ4v) is 1.72. The first kappa shape index (κ1) is 11.8. The molecular weight excluding hydrogens is 276 g/mol. The summed E-state index contributed by atoms with van der Waals surface area (Å²) in [6.45, 7) is 0. The van der Waals surface area contributed by atoms with Gasteiger partial charge >= 0.3 is 0 Å². The van der Waals surface area contributed by atoms with Gasteiger partial charge in [0.05, 0.1) is 0 Å². The van der Waals surface area contributed by atoms with E-state index in [-0.39, 0.29) is 0 Å². The molecule has 2 aromatic rings. The third kappa shape index (κ3) is 3.40. The van der Waals surface area contributed by atoms with Gasteiger partial charge in [-0.1, -0.05) is 64.5 Å². The molecule has 0 unspecified atom stereocenters. The van der Waals surface area contributed by atoms with Gasteiger partial charge in [0.25, 0.3) is 0 Å². The van der Waals surface area contributed by atoms with E-state index in [2.05, 4.69) is 15.9 Å². The summed E-state index contributed by atoms with van der Waals surface area (Å²) in [6.07, 6.45) is 4.92. The van der Waals surface area contributed by atoms with Crippen molar-refractivity contribution in [1.82, 2.24) is 0 Å². The van der Waals surface area contributed by atoms with Crippen LogP contribution >= 0.6 is 15.9 Å². The molecule has 2 rings (SSSR count). The van der Waals surface area contributed by atoms with Crippen LogP contribution in [0.1, 0.15) is 21.5 Å². The number of aldehydes is 1. The van der Waals surface area contributed by atoms with Gasteiger partial charge in [0, 0.05) is 10.0 Å². The molecule has 1 nitrogen and oxygen atoms in total. The number of halogens is 1. The lowest BCUT2D eigenvalue weighted by Gasteiger charge is -1.96. The highest BCUT2D eigenvalue weighted by molar-refractivity contribution is 9.10. The fraction of sp³-hybridized carbons (Fsp3) is 0. The maximum absolute atomic E-state index is 10.5. The molecule has 0 atom stereocenters. The van der Waals surface area contributed by atoms with E-state index in [1.54, 1.807) is 0 Å². The molecule has 0 heterocycles. The van der Waals surface area contributed by atoms with Gasteiger partial charge < -0.3 is 0 Å². The van der Waals surface area contributed by atoms with Crippen molar-refractivity contribution in [2.45, 2.75) is 0 Å². The van der Waals surface area contributed by atoms with Gasteiger partial charge in [-0.05, 0) is 23.3 Å². The molecule has 0 aromatic heterocycles. The predicted octanol–water partition coefficient (Wildman–Crippen LogP) is 4.43. The summed E-state index contributed by atoms with van der Waals surface area (Å²) in [6, 6.07) is 15.6. The molecule has 0 aliphatic carbocycles. The van der Waals surface area contributed by atoms with Crippen molar-refractivity contribution >= 4 is 34.4 Å². The smallest absolute Gasteiger partial charge is 0.150 e. The molecule has 0 bridgehead atoms. The van der Waals surface area contributed by atoms with Crippen molar-refractivity contribution in [3.8, 4) is 0 Å². The van der Waals surface area contributed by atoms with E-state index < -0.39 is 0 Å². The highest BCUT2D eigenvalue weighted by atomic mass is 79.9.